The lowest BCUT2D eigenvalue weighted by molar-refractivity contribution is 0.244. The van der Waals surface area contributed by atoms with Gasteiger partial charge in [-0.1, -0.05) is 24.3 Å². The standard InChI is InChI=1S/C25H26F2N6O2S2/c1-15-29-23(22(36-15)20-11-12-28-25(31-20)30-16-6-5-13-33(2)14-16)35-21-10-9-19(32-37(34)24(26)27)17-7-3-4-8-18(17)21/h3-4,7-12,16,24,32H,5-6,13-14H2,1-2H3,(H,28,30,31). The summed E-state index contributed by atoms with van der Waals surface area (Å²) in [5.41, 5.74) is 1.02. The van der Waals surface area contributed by atoms with Crippen LogP contribution < -0.4 is 14.8 Å². The SMILES string of the molecule is Cc1nc(Oc2ccc(NS(=O)C(F)F)c3ccccc23)c(-c2ccnc(NC3CCCN(C)C3)n2)s1. The summed E-state index contributed by atoms with van der Waals surface area (Å²) in [4.78, 5) is 16.8. The number of ether oxygens (including phenoxy) is 1. The molecule has 0 aliphatic carbocycles. The summed E-state index contributed by atoms with van der Waals surface area (Å²) >= 11 is 1.46. The quantitative estimate of drug-likeness (QED) is 0.296. The van der Waals surface area contributed by atoms with Crippen molar-refractivity contribution in [3.05, 3.63) is 53.7 Å². The number of nitrogens with one attached hydrogen (secondary N) is 2. The smallest absolute Gasteiger partial charge is 0.330 e. The third-order valence-electron chi connectivity index (χ3n) is 6.01. The van der Waals surface area contributed by atoms with Crippen molar-refractivity contribution in [1.29, 1.82) is 0 Å². The average Bonchev–Trinajstić information content (AvgIpc) is 3.25. The molecule has 0 amide bonds. The topological polar surface area (TPSA) is 92.3 Å². The number of aromatic nitrogens is 3. The lowest BCUT2D eigenvalue weighted by Gasteiger charge is -2.30. The Balaban J connectivity index is 1.44. The van der Waals surface area contributed by atoms with E-state index in [2.05, 4.69) is 32.0 Å². The number of aryl methyl sites for hydroxylation is 1. The van der Waals surface area contributed by atoms with Gasteiger partial charge in [0, 0.05) is 29.6 Å². The van der Waals surface area contributed by atoms with E-state index < -0.39 is 16.7 Å². The van der Waals surface area contributed by atoms with Crippen molar-refractivity contribution in [1.82, 2.24) is 19.9 Å². The number of alkyl halides is 2. The molecule has 4 aromatic rings. The Kier molecular flexibility index (Phi) is 7.58. The summed E-state index contributed by atoms with van der Waals surface area (Å²) in [7, 11) is -0.403. The molecule has 1 aliphatic rings. The van der Waals surface area contributed by atoms with E-state index in [1.165, 1.54) is 11.3 Å². The van der Waals surface area contributed by atoms with Gasteiger partial charge in [-0.2, -0.15) is 8.78 Å². The number of thiazole rings is 1. The highest BCUT2D eigenvalue weighted by Gasteiger charge is 2.21. The molecule has 1 aliphatic heterocycles. The molecule has 5 rings (SSSR count). The average molecular weight is 545 g/mol. The highest BCUT2D eigenvalue weighted by atomic mass is 32.2. The van der Waals surface area contributed by atoms with Crippen molar-refractivity contribution in [2.24, 2.45) is 0 Å². The van der Waals surface area contributed by atoms with Crippen molar-refractivity contribution in [2.75, 3.05) is 30.2 Å². The number of anilines is 2. The predicted molar refractivity (Wildman–Crippen MR) is 144 cm³/mol. The van der Waals surface area contributed by atoms with Gasteiger partial charge in [0.2, 0.25) is 11.8 Å². The summed E-state index contributed by atoms with van der Waals surface area (Å²) in [5.74, 6) is -1.55. The van der Waals surface area contributed by atoms with Crippen LogP contribution in [-0.4, -0.2) is 56.0 Å². The summed E-state index contributed by atoms with van der Waals surface area (Å²) < 4.78 is 46.1. The van der Waals surface area contributed by atoms with Crippen LogP contribution in [0.15, 0.2) is 48.7 Å². The maximum absolute atomic E-state index is 12.9. The minimum absolute atomic E-state index is 0.283. The number of benzene rings is 2. The summed E-state index contributed by atoms with van der Waals surface area (Å²) in [6.45, 7) is 3.92. The predicted octanol–water partition coefficient (Wildman–Crippen LogP) is 5.66. The van der Waals surface area contributed by atoms with Crippen LogP contribution in [0.3, 0.4) is 0 Å². The zero-order valence-electron chi connectivity index (χ0n) is 20.3. The van der Waals surface area contributed by atoms with Gasteiger partial charge in [-0.3, -0.25) is 4.72 Å². The lowest BCUT2D eigenvalue weighted by atomic mass is 10.1. The maximum atomic E-state index is 12.9. The normalized spacial score (nSPS) is 17.2. The van der Waals surface area contributed by atoms with E-state index in [9.17, 15) is 13.0 Å². The van der Waals surface area contributed by atoms with Gasteiger partial charge in [0.05, 0.1) is 16.4 Å². The number of likely N-dealkylation sites (tertiary alicyclic amines) is 1. The molecule has 0 saturated carbocycles. The van der Waals surface area contributed by atoms with Gasteiger partial charge in [-0.25, -0.2) is 19.2 Å². The molecule has 0 radical (unpaired) electrons. The monoisotopic (exact) mass is 544 g/mol. The van der Waals surface area contributed by atoms with E-state index in [0.29, 0.717) is 39.7 Å². The van der Waals surface area contributed by atoms with Gasteiger partial charge in [-0.05, 0) is 51.6 Å². The fraction of sp³-hybridized carbons (Fsp3) is 0.320. The number of likely N-dealkylation sites (N-methyl/N-ethyl adjacent to an activating group) is 1. The third kappa shape index (κ3) is 5.86. The zero-order chi connectivity index (χ0) is 25.9. The summed E-state index contributed by atoms with van der Waals surface area (Å²) in [6.07, 6.45) is 3.91. The number of rotatable bonds is 8. The van der Waals surface area contributed by atoms with Crippen LogP contribution in [0.4, 0.5) is 20.4 Å². The first-order chi connectivity index (χ1) is 17.9. The molecule has 2 unspecified atom stereocenters. The molecule has 0 spiro atoms. The minimum Gasteiger partial charge on any atom is -0.437 e. The van der Waals surface area contributed by atoms with Crippen LogP contribution in [0.1, 0.15) is 17.8 Å². The van der Waals surface area contributed by atoms with Crippen LogP contribution in [0.25, 0.3) is 21.3 Å². The Bertz CT molecular complexity index is 1430. The fourth-order valence-electron chi connectivity index (χ4n) is 4.37. The third-order valence-corrected chi connectivity index (χ3v) is 7.73. The molecule has 2 N–H and O–H groups in total. The molecule has 12 heteroatoms. The van der Waals surface area contributed by atoms with Gasteiger partial charge in [-0.15, -0.1) is 11.3 Å². The molecule has 8 nitrogen and oxygen atoms in total. The second-order valence-corrected chi connectivity index (χ2v) is 11.2. The first kappa shape index (κ1) is 25.4. The van der Waals surface area contributed by atoms with E-state index >= 15 is 0 Å². The van der Waals surface area contributed by atoms with Gasteiger partial charge in [0.15, 0.2) is 11.0 Å². The summed E-state index contributed by atoms with van der Waals surface area (Å²) in [6, 6.07) is 12.5. The van der Waals surface area contributed by atoms with E-state index in [4.69, 9.17) is 9.72 Å². The Labute approximate surface area is 219 Å². The second-order valence-electron chi connectivity index (χ2n) is 8.80. The van der Waals surface area contributed by atoms with Gasteiger partial charge >= 0.3 is 5.76 Å². The molecule has 194 valence electrons. The number of fused-ring (bicyclic) bond motifs is 1. The number of piperidine rings is 1. The molecule has 0 bridgehead atoms. The summed E-state index contributed by atoms with van der Waals surface area (Å²) in [5, 5.41) is 5.53. The van der Waals surface area contributed by atoms with Crippen molar-refractivity contribution in [3.8, 4) is 22.2 Å². The highest BCUT2D eigenvalue weighted by molar-refractivity contribution is 7.86. The zero-order valence-corrected chi connectivity index (χ0v) is 21.9. The van der Waals surface area contributed by atoms with Gasteiger partial charge in [0.25, 0.3) is 0 Å². The molecule has 3 heterocycles. The first-order valence-corrected chi connectivity index (χ1v) is 13.8. The Morgan fingerprint density at radius 3 is 2.76 bits per heavy atom. The number of hydrogen-bond donors (Lipinski definition) is 2. The first-order valence-electron chi connectivity index (χ1n) is 11.8. The maximum Gasteiger partial charge on any atom is 0.330 e. The number of nitrogens with zero attached hydrogens (tertiary/aromatic N) is 4. The molecule has 37 heavy (non-hydrogen) atoms. The van der Waals surface area contributed by atoms with Crippen LogP contribution in [0.5, 0.6) is 11.6 Å². The minimum atomic E-state index is -3.00. The molecule has 2 aromatic heterocycles. The molecule has 2 atom stereocenters. The van der Waals surface area contributed by atoms with Crippen molar-refractivity contribution in [3.63, 3.8) is 0 Å². The Morgan fingerprint density at radius 2 is 1.97 bits per heavy atom. The number of hydrogen-bond acceptors (Lipinski definition) is 8. The molecule has 1 saturated heterocycles. The Morgan fingerprint density at radius 1 is 1.16 bits per heavy atom. The molecule has 2 aromatic carbocycles. The van der Waals surface area contributed by atoms with Crippen molar-refractivity contribution >= 4 is 44.7 Å². The van der Waals surface area contributed by atoms with E-state index in [1.807, 2.05) is 25.1 Å². The second kappa shape index (κ2) is 11.0. The highest BCUT2D eigenvalue weighted by Crippen LogP contribution is 2.40. The molecular weight excluding hydrogens is 518 g/mol. The van der Waals surface area contributed by atoms with Crippen molar-refractivity contribution < 1.29 is 17.7 Å². The van der Waals surface area contributed by atoms with E-state index in [0.717, 1.165) is 35.8 Å². The number of halogens is 2. The van der Waals surface area contributed by atoms with Crippen LogP contribution in [0.2, 0.25) is 0 Å². The lowest BCUT2D eigenvalue weighted by Crippen LogP contribution is -2.40. The van der Waals surface area contributed by atoms with Gasteiger partial charge < -0.3 is 15.0 Å². The van der Waals surface area contributed by atoms with Crippen molar-refractivity contribution in [2.45, 2.75) is 31.6 Å². The molecular formula is C25H26F2N6O2S2. The van der Waals surface area contributed by atoms with Gasteiger partial charge in [0.1, 0.15) is 10.6 Å². The largest absolute Gasteiger partial charge is 0.437 e. The van der Waals surface area contributed by atoms with E-state index in [1.54, 1.807) is 30.5 Å². The van der Waals surface area contributed by atoms with Crippen LogP contribution in [-0.2, 0) is 11.0 Å². The van der Waals surface area contributed by atoms with E-state index in [-0.39, 0.29) is 6.04 Å². The Hall–Kier alpha value is -3.22. The van der Waals surface area contributed by atoms with Crippen LogP contribution >= 0.6 is 11.3 Å². The molecule has 1 fully saturated rings. The van der Waals surface area contributed by atoms with Crippen LogP contribution in [0, 0.1) is 6.92 Å². The fourth-order valence-corrected chi connectivity index (χ4v) is 5.67.